The first-order valence-corrected chi connectivity index (χ1v) is 6.58. The number of carbonyl (C=O) groups excluding carboxylic acids is 1. The minimum atomic E-state index is -0.384. The monoisotopic (exact) mass is 272 g/mol. The normalized spacial score (nSPS) is 15.8. The van der Waals surface area contributed by atoms with E-state index in [9.17, 15) is 4.79 Å². The Hall–Kier alpha value is -1.87. The van der Waals surface area contributed by atoms with Gasteiger partial charge in [0.05, 0.1) is 5.41 Å². The first-order valence-electron chi connectivity index (χ1n) is 6.20. The van der Waals surface area contributed by atoms with Gasteiger partial charge in [-0.25, -0.2) is 4.98 Å². The topological polar surface area (TPSA) is 42.0 Å². The van der Waals surface area contributed by atoms with Crippen molar-refractivity contribution in [3.63, 3.8) is 0 Å². The van der Waals surface area contributed by atoms with Gasteiger partial charge in [0.2, 0.25) is 5.91 Å². The lowest BCUT2D eigenvalue weighted by molar-refractivity contribution is -0.118. The fourth-order valence-electron chi connectivity index (χ4n) is 2.24. The van der Waals surface area contributed by atoms with Gasteiger partial charge in [0.25, 0.3) is 0 Å². The summed E-state index contributed by atoms with van der Waals surface area (Å²) in [6.07, 6.45) is 1.76. The number of carbonyl (C=O) groups is 1. The number of halogens is 1. The Balaban J connectivity index is 1.82. The molecular weight excluding hydrogens is 260 g/mol. The molecular formula is C15H13ClN2O. The molecule has 19 heavy (non-hydrogen) atoms. The largest absolute Gasteiger partial charge is 0.310 e. The number of aromatic nitrogens is 1. The number of pyridine rings is 1. The summed E-state index contributed by atoms with van der Waals surface area (Å²) in [5, 5.41) is 3.23. The highest BCUT2D eigenvalue weighted by atomic mass is 35.5. The molecule has 1 aliphatic rings. The van der Waals surface area contributed by atoms with Gasteiger partial charge in [-0.2, -0.15) is 0 Å². The average Bonchev–Trinajstić information content (AvgIpc) is 3.21. The van der Waals surface area contributed by atoms with Gasteiger partial charge in [-0.15, -0.1) is 0 Å². The number of amides is 1. The third-order valence-electron chi connectivity index (χ3n) is 3.47. The molecule has 1 fully saturated rings. The first-order chi connectivity index (χ1) is 9.21. The Kier molecular flexibility index (Phi) is 2.99. The number of nitrogens with zero attached hydrogens (tertiary/aromatic N) is 1. The molecule has 3 rings (SSSR count). The van der Waals surface area contributed by atoms with Crippen molar-refractivity contribution in [1.82, 2.24) is 4.98 Å². The zero-order chi connectivity index (χ0) is 13.3. The summed E-state index contributed by atoms with van der Waals surface area (Å²) in [7, 11) is 0. The summed E-state index contributed by atoms with van der Waals surface area (Å²) in [6, 6.07) is 15.1. The van der Waals surface area contributed by atoms with Crippen molar-refractivity contribution in [2.75, 3.05) is 5.32 Å². The predicted molar refractivity (Wildman–Crippen MR) is 75.2 cm³/mol. The highest BCUT2D eigenvalue weighted by Gasteiger charge is 2.51. The maximum atomic E-state index is 12.4. The van der Waals surface area contributed by atoms with Crippen LogP contribution in [-0.4, -0.2) is 10.9 Å². The molecule has 1 heterocycles. The van der Waals surface area contributed by atoms with Crippen LogP contribution in [0.2, 0.25) is 5.15 Å². The van der Waals surface area contributed by atoms with Crippen molar-refractivity contribution < 1.29 is 4.79 Å². The number of anilines is 1. The second-order valence-corrected chi connectivity index (χ2v) is 5.14. The third-order valence-corrected chi connectivity index (χ3v) is 3.68. The van der Waals surface area contributed by atoms with Crippen LogP contribution < -0.4 is 5.32 Å². The standard InChI is InChI=1S/C15H13ClN2O/c16-12-7-4-8-13(17-12)18-14(19)15(9-10-15)11-5-2-1-3-6-11/h1-8H,9-10H2,(H,17,18,19). The number of benzene rings is 1. The van der Waals surface area contributed by atoms with Crippen LogP contribution in [-0.2, 0) is 10.2 Å². The minimum Gasteiger partial charge on any atom is -0.310 e. The maximum Gasteiger partial charge on any atom is 0.236 e. The molecule has 4 heteroatoms. The Bertz CT molecular complexity index is 609. The molecule has 0 atom stereocenters. The van der Waals surface area contributed by atoms with Crippen LogP contribution in [0.5, 0.6) is 0 Å². The second kappa shape index (κ2) is 4.67. The van der Waals surface area contributed by atoms with Crippen LogP contribution in [0.4, 0.5) is 5.82 Å². The molecule has 3 nitrogen and oxygen atoms in total. The fraction of sp³-hybridized carbons (Fsp3) is 0.200. The molecule has 1 aliphatic carbocycles. The molecule has 1 amide bonds. The van der Waals surface area contributed by atoms with Crippen molar-refractivity contribution in [2.45, 2.75) is 18.3 Å². The molecule has 0 spiro atoms. The van der Waals surface area contributed by atoms with Gasteiger partial charge in [0, 0.05) is 0 Å². The molecule has 1 saturated carbocycles. The number of hydrogen-bond acceptors (Lipinski definition) is 2. The first kappa shape index (κ1) is 12.2. The second-order valence-electron chi connectivity index (χ2n) is 4.75. The van der Waals surface area contributed by atoms with Crippen LogP contribution in [0.15, 0.2) is 48.5 Å². The Morgan fingerprint density at radius 2 is 1.84 bits per heavy atom. The van der Waals surface area contributed by atoms with Gasteiger partial charge in [0.1, 0.15) is 11.0 Å². The van der Waals surface area contributed by atoms with E-state index in [4.69, 9.17) is 11.6 Å². The molecule has 0 aliphatic heterocycles. The van der Waals surface area contributed by atoms with Crippen LogP contribution in [0.25, 0.3) is 0 Å². The molecule has 1 aromatic heterocycles. The Labute approximate surface area is 116 Å². The lowest BCUT2D eigenvalue weighted by Gasteiger charge is -2.15. The summed E-state index contributed by atoms with van der Waals surface area (Å²) in [5.74, 6) is 0.494. The lowest BCUT2D eigenvalue weighted by atomic mass is 9.95. The molecule has 0 bridgehead atoms. The van der Waals surface area contributed by atoms with Gasteiger partial charge in [-0.3, -0.25) is 4.79 Å². The van der Waals surface area contributed by atoms with E-state index in [0.717, 1.165) is 18.4 Å². The zero-order valence-electron chi connectivity index (χ0n) is 10.3. The van der Waals surface area contributed by atoms with E-state index in [-0.39, 0.29) is 11.3 Å². The summed E-state index contributed by atoms with van der Waals surface area (Å²) in [5.41, 5.74) is 0.681. The lowest BCUT2D eigenvalue weighted by Crippen LogP contribution is -2.28. The zero-order valence-corrected chi connectivity index (χ0v) is 11.0. The predicted octanol–water partition coefficient (Wildman–Crippen LogP) is 3.41. The number of hydrogen-bond donors (Lipinski definition) is 1. The van der Waals surface area contributed by atoms with Crippen LogP contribution in [0, 0.1) is 0 Å². The van der Waals surface area contributed by atoms with E-state index in [1.54, 1.807) is 18.2 Å². The molecule has 0 unspecified atom stereocenters. The van der Waals surface area contributed by atoms with E-state index >= 15 is 0 Å². The summed E-state index contributed by atoms with van der Waals surface area (Å²) in [4.78, 5) is 16.5. The highest BCUT2D eigenvalue weighted by molar-refractivity contribution is 6.29. The summed E-state index contributed by atoms with van der Waals surface area (Å²) in [6.45, 7) is 0. The van der Waals surface area contributed by atoms with Crippen molar-refractivity contribution in [2.24, 2.45) is 0 Å². The molecule has 2 aromatic rings. The number of nitrogens with one attached hydrogen (secondary N) is 1. The number of rotatable bonds is 3. The van der Waals surface area contributed by atoms with Gasteiger partial charge >= 0.3 is 0 Å². The van der Waals surface area contributed by atoms with Crippen LogP contribution in [0.1, 0.15) is 18.4 Å². The van der Waals surface area contributed by atoms with Gasteiger partial charge in [0.15, 0.2) is 0 Å². The minimum absolute atomic E-state index is 0.00605. The fourth-order valence-corrected chi connectivity index (χ4v) is 2.41. The summed E-state index contributed by atoms with van der Waals surface area (Å²) >= 11 is 5.81. The third kappa shape index (κ3) is 2.34. The SMILES string of the molecule is O=C(Nc1cccc(Cl)n1)C1(c2ccccc2)CC1. The molecule has 96 valence electrons. The van der Waals surface area contributed by atoms with Gasteiger partial charge < -0.3 is 5.32 Å². The molecule has 0 radical (unpaired) electrons. The quantitative estimate of drug-likeness (QED) is 0.870. The van der Waals surface area contributed by atoms with Crippen LogP contribution >= 0.6 is 11.6 Å². The van der Waals surface area contributed by atoms with Crippen molar-refractivity contribution in [1.29, 1.82) is 0 Å². The van der Waals surface area contributed by atoms with Gasteiger partial charge in [-0.1, -0.05) is 48.0 Å². The Morgan fingerprint density at radius 3 is 2.47 bits per heavy atom. The van der Waals surface area contributed by atoms with Crippen molar-refractivity contribution in [3.8, 4) is 0 Å². The molecule has 1 N–H and O–H groups in total. The van der Waals surface area contributed by atoms with E-state index in [0.29, 0.717) is 11.0 Å². The Morgan fingerprint density at radius 1 is 1.11 bits per heavy atom. The highest BCUT2D eigenvalue weighted by Crippen LogP contribution is 2.48. The molecule has 1 aromatic carbocycles. The smallest absolute Gasteiger partial charge is 0.236 e. The molecule has 0 saturated heterocycles. The van der Waals surface area contributed by atoms with E-state index in [1.165, 1.54) is 0 Å². The summed E-state index contributed by atoms with van der Waals surface area (Å²) < 4.78 is 0. The van der Waals surface area contributed by atoms with E-state index in [1.807, 2.05) is 30.3 Å². The van der Waals surface area contributed by atoms with Crippen molar-refractivity contribution >= 4 is 23.3 Å². The van der Waals surface area contributed by atoms with Crippen LogP contribution in [0.3, 0.4) is 0 Å². The van der Waals surface area contributed by atoms with Crippen molar-refractivity contribution in [3.05, 3.63) is 59.2 Å². The van der Waals surface area contributed by atoms with E-state index < -0.39 is 0 Å². The van der Waals surface area contributed by atoms with Gasteiger partial charge in [-0.05, 0) is 30.5 Å². The van der Waals surface area contributed by atoms with E-state index in [2.05, 4.69) is 10.3 Å². The maximum absolute atomic E-state index is 12.4. The average molecular weight is 273 g/mol.